The fourth-order valence-corrected chi connectivity index (χ4v) is 2.03. The number of hydrogen-bond acceptors (Lipinski definition) is 3. The summed E-state index contributed by atoms with van der Waals surface area (Å²) in [5.74, 6) is 0.0459. The molecule has 0 radical (unpaired) electrons. The molecule has 0 atom stereocenters. The Morgan fingerprint density at radius 3 is 2.79 bits per heavy atom. The first kappa shape index (κ1) is 11.2. The van der Waals surface area contributed by atoms with Crippen molar-refractivity contribution in [3.8, 4) is 0 Å². The zero-order chi connectivity index (χ0) is 10.7. The van der Waals surface area contributed by atoms with Crippen molar-refractivity contribution >= 4 is 22.2 Å². The minimum atomic E-state index is 0.00281. The summed E-state index contributed by atoms with van der Waals surface area (Å²) < 4.78 is 0. The Morgan fingerprint density at radius 1 is 1.64 bits per heavy atom. The lowest BCUT2D eigenvalue weighted by molar-refractivity contribution is -0.118. The van der Waals surface area contributed by atoms with Crippen LogP contribution in [0.5, 0.6) is 0 Å². The SMILES string of the molecule is Cc1cc(CN)c(NC(=O)C(C)C)s1. The molecule has 0 spiro atoms. The number of rotatable bonds is 3. The Balaban J connectivity index is 2.80. The zero-order valence-corrected chi connectivity index (χ0v) is 9.57. The van der Waals surface area contributed by atoms with Crippen molar-refractivity contribution in [2.24, 2.45) is 11.7 Å². The van der Waals surface area contributed by atoms with E-state index in [1.165, 1.54) is 4.88 Å². The van der Waals surface area contributed by atoms with E-state index in [0.717, 1.165) is 10.6 Å². The molecule has 0 aliphatic carbocycles. The van der Waals surface area contributed by atoms with E-state index in [1.807, 2.05) is 26.8 Å². The van der Waals surface area contributed by atoms with Crippen LogP contribution in [-0.4, -0.2) is 5.91 Å². The molecule has 3 nitrogen and oxygen atoms in total. The Kier molecular flexibility index (Phi) is 3.66. The number of amides is 1. The molecule has 0 aliphatic rings. The molecule has 0 bridgehead atoms. The van der Waals surface area contributed by atoms with Gasteiger partial charge in [-0.3, -0.25) is 4.79 Å². The number of nitrogens with two attached hydrogens (primary N) is 1. The third-order valence-electron chi connectivity index (χ3n) is 1.91. The molecule has 1 aromatic rings. The Bertz CT molecular complexity index is 331. The highest BCUT2D eigenvalue weighted by Crippen LogP contribution is 2.27. The van der Waals surface area contributed by atoms with Crippen molar-refractivity contribution in [1.29, 1.82) is 0 Å². The molecule has 78 valence electrons. The van der Waals surface area contributed by atoms with Gasteiger partial charge < -0.3 is 11.1 Å². The first-order chi connectivity index (χ1) is 6.54. The lowest BCUT2D eigenvalue weighted by atomic mass is 10.2. The van der Waals surface area contributed by atoms with Crippen molar-refractivity contribution in [3.05, 3.63) is 16.5 Å². The van der Waals surface area contributed by atoms with Crippen LogP contribution in [0.2, 0.25) is 0 Å². The van der Waals surface area contributed by atoms with Gasteiger partial charge >= 0.3 is 0 Å². The molecule has 0 unspecified atom stereocenters. The maximum atomic E-state index is 11.4. The van der Waals surface area contributed by atoms with Gasteiger partial charge in [-0.2, -0.15) is 0 Å². The van der Waals surface area contributed by atoms with Gasteiger partial charge in [0, 0.05) is 22.9 Å². The van der Waals surface area contributed by atoms with Crippen molar-refractivity contribution in [2.45, 2.75) is 27.3 Å². The van der Waals surface area contributed by atoms with Gasteiger partial charge in [0.1, 0.15) is 0 Å². The largest absolute Gasteiger partial charge is 0.326 e. The van der Waals surface area contributed by atoms with E-state index >= 15 is 0 Å². The first-order valence-electron chi connectivity index (χ1n) is 4.64. The Hall–Kier alpha value is -0.870. The average molecular weight is 212 g/mol. The molecule has 3 N–H and O–H groups in total. The van der Waals surface area contributed by atoms with Crippen LogP contribution in [0.4, 0.5) is 5.00 Å². The maximum absolute atomic E-state index is 11.4. The monoisotopic (exact) mass is 212 g/mol. The lowest BCUT2D eigenvalue weighted by Crippen LogP contribution is -2.18. The summed E-state index contributed by atoms with van der Waals surface area (Å²) in [4.78, 5) is 12.6. The van der Waals surface area contributed by atoms with Crippen LogP contribution in [0.15, 0.2) is 6.07 Å². The molecular formula is C10H16N2OS. The number of carbonyl (C=O) groups excluding carboxylic acids is 1. The summed E-state index contributed by atoms with van der Waals surface area (Å²) in [6.07, 6.45) is 0. The summed E-state index contributed by atoms with van der Waals surface area (Å²) in [6.45, 7) is 6.22. The van der Waals surface area contributed by atoms with Gasteiger partial charge in [0.25, 0.3) is 0 Å². The molecule has 0 aliphatic heterocycles. The Labute approximate surface area is 88.3 Å². The van der Waals surface area contributed by atoms with Gasteiger partial charge in [-0.15, -0.1) is 11.3 Å². The van der Waals surface area contributed by atoms with E-state index in [0.29, 0.717) is 6.54 Å². The molecule has 0 saturated carbocycles. The van der Waals surface area contributed by atoms with Crippen LogP contribution < -0.4 is 11.1 Å². The summed E-state index contributed by atoms with van der Waals surface area (Å²) in [5.41, 5.74) is 6.59. The highest BCUT2D eigenvalue weighted by molar-refractivity contribution is 7.16. The lowest BCUT2D eigenvalue weighted by Gasteiger charge is -2.06. The topological polar surface area (TPSA) is 55.1 Å². The number of carbonyl (C=O) groups is 1. The molecule has 1 aromatic heterocycles. The number of nitrogens with one attached hydrogen (secondary N) is 1. The van der Waals surface area contributed by atoms with E-state index in [4.69, 9.17) is 5.73 Å². The average Bonchev–Trinajstić information content (AvgIpc) is 2.45. The van der Waals surface area contributed by atoms with Crippen molar-refractivity contribution in [1.82, 2.24) is 0 Å². The standard InChI is InChI=1S/C10H16N2OS/c1-6(2)9(13)12-10-8(5-11)4-7(3)14-10/h4,6H,5,11H2,1-3H3,(H,12,13). The van der Waals surface area contributed by atoms with Crippen molar-refractivity contribution in [3.63, 3.8) is 0 Å². The van der Waals surface area contributed by atoms with Crippen LogP contribution in [0.25, 0.3) is 0 Å². The molecular weight excluding hydrogens is 196 g/mol. The quantitative estimate of drug-likeness (QED) is 0.806. The van der Waals surface area contributed by atoms with Crippen LogP contribution >= 0.6 is 11.3 Å². The van der Waals surface area contributed by atoms with Crippen molar-refractivity contribution in [2.75, 3.05) is 5.32 Å². The molecule has 1 amide bonds. The first-order valence-corrected chi connectivity index (χ1v) is 5.46. The van der Waals surface area contributed by atoms with E-state index < -0.39 is 0 Å². The van der Waals surface area contributed by atoms with Gasteiger partial charge in [0.2, 0.25) is 5.91 Å². The predicted molar refractivity (Wildman–Crippen MR) is 60.4 cm³/mol. The Morgan fingerprint density at radius 2 is 2.29 bits per heavy atom. The van der Waals surface area contributed by atoms with Gasteiger partial charge in [-0.25, -0.2) is 0 Å². The molecule has 1 heterocycles. The molecule has 14 heavy (non-hydrogen) atoms. The fraction of sp³-hybridized carbons (Fsp3) is 0.500. The molecule has 4 heteroatoms. The van der Waals surface area contributed by atoms with E-state index in [2.05, 4.69) is 5.32 Å². The second-order valence-corrected chi connectivity index (χ2v) is 4.82. The normalized spacial score (nSPS) is 10.6. The van der Waals surface area contributed by atoms with Crippen molar-refractivity contribution < 1.29 is 4.79 Å². The number of hydrogen-bond donors (Lipinski definition) is 2. The number of aryl methyl sites for hydroxylation is 1. The highest BCUT2D eigenvalue weighted by Gasteiger charge is 2.11. The minimum absolute atomic E-state index is 0.00281. The summed E-state index contributed by atoms with van der Waals surface area (Å²) in [5, 5.41) is 3.77. The van der Waals surface area contributed by atoms with E-state index in [-0.39, 0.29) is 11.8 Å². The van der Waals surface area contributed by atoms with E-state index in [1.54, 1.807) is 11.3 Å². The second kappa shape index (κ2) is 4.57. The van der Waals surface area contributed by atoms with Crippen LogP contribution in [0.1, 0.15) is 24.3 Å². The van der Waals surface area contributed by atoms with Gasteiger partial charge in [0.05, 0.1) is 5.00 Å². The van der Waals surface area contributed by atoms with Gasteiger partial charge in [-0.1, -0.05) is 13.8 Å². The zero-order valence-electron chi connectivity index (χ0n) is 8.76. The predicted octanol–water partition coefficient (Wildman–Crippen LogP) is 2.11. The smallest absolute Gasteiger partial charge is 0.227 e. The molecule has 0 fully saturated rings. The maximum Gasteiger partial charge on any atom is 0.227 e. The van der Waals surface area contributed by atoms with Gasteiger partial charge in [0.15, 0.2) is 0 Å². The minimum Gasteiger partial charge on any atom is -0.326 e. The fourth-order valence-electron chi connectivity index (χ4n) is 1.08. The number of thiophene rings is 1. The summed E-state index contributed by atoms with van der Waals surface area (Å²) in [6, 6.07) is 2.01. The van der Waals surface area contributed by atoms with Gasteiger partial charge in [-0.05, 0) is 13.0 Å². The summed E-state index contributed by atoms with van der Waals surface area (Å²) in [7, 11) is 0. The summed E-state index contributed by atoms with van der Waals surface area (Å²) >= 11 is 1.57. The highest BCUT2D eigenvalue weighted by atomic mass is 32.1. The van der Waals surface area contributed by atoms with E-state index in [9.17, 15) is 4.79 Å². The third kappa shape index (κ3) is 2.56. The molecule has 1 rings (SSSR count). The number of anilines is 1. The van der Waals surface area contributed by atoms with Crippen LogP contribution in [0, 0.1) is 12.8 Å². The van der Waals surface area contributed by atoms with Crippen LogP contribution in [0.3, 0.4) is 0 Å². The van der Waals surface area contributed by atoms with Crippen LogP contribution in [-0.2, 0) is 11.3 Å². The third-order valence-corrected chi connectivity index (χ3v) is 2.92. The second-order valence-electron chi connectivity index (χ2n) is 3.56. The molecule has 0 saturated heterocycles. The molecule has 0 aromatic carbocycles.